The Morgan fingerprint density at radius 3 is 2.10 bits per heavy atom. The summed E-state index contributed by atoms with van der Waals surface area (Å²) in [4.78, 5) is 0.258. The van der Waals surface area contributed by atoms with Crippen LogP contribution in [0.2, 0.25) is 0 Å². The standard InChI is InChI=1S/C23H15NO4S/c25-29(26,17-6-2-1-3-7-17)24-20-9-5-4-8-18(20)19-10-15-12-22-23(28-14-27-22)13-16(15)11-21(19)24/h1-13H,14H2. The van der Waals surface area contributed by atoms with E-state index in [2.05, 4.69) is 0 Å². The third-order valence-electron chi connectivity index (χ3n) is 5.36. The van der Waals surface area contributed by atoms with Gasteiger partial charge in [-0.15, -0.1) is 0 Å². The Balaban J connectivity index is 1.76. The summed E-state index contributed by atoms with van der Waals surface area (Å²) in [6.45, 7) is 0.197. The van der Waals surface area contributed by atoms with Gasteiger partial charge in [-0.1, -0.05) is 36.4 Å². The Bertz CT molecular complexity index is 1540. The third kappa shape index (κ3) is 2.29. The maximum absolute atomic E-state index is 13.6. The molecule has 1 aliphatic rings. The molecule has 0 unspecified atom stereocenters. The maximum atomic E-state index is 13.6. The molecule has 4 aromatic carbocycles. The van der Waals surface area contributed by atoms with Crippen molar-refractivity contribution in [3.63, 3.8) is 0 Å². The zero-order valence-corrected chi connectivity index (χ0v) is 16.0. The SMILES string of the molecule is O=S(=O)(c1ccccc1)n1c2ccccc2c2cc3cc4c(cc3cc21)OCO4. The summed E-state index contributed by atoms with van der Waals surface area (Å²) >= 11 is 0. The van der Waals surface area contributed by atoms with Gasteiger partial charge in [0, 0.05) is 10.8 Å². The van der Waals surface area contributed by atoms with Crippen LogP contribution in [-0.2, 0) is 10.0 Å². The van der Waals surface area contributed by atoms with Gasteiger partial charge in [0.2, 0.25) is 6.79 Å². The number of ether oxygens (including phenoxy) is 2. The second-order valence-electron chi connectivity index (χ2n) is 7.02. The predicted octanol–water partition coefficient (Wildman–Crippen LogP) is 4.91. The van der Waals surface area contributed by atoms with E-state index < -0.39 is 10.0 Å². The van der Waals surface area contributed by atoms with Crippen molar-refractivity contribution in [1.82, 2.24) is 3.97 Å². The average Bonchev–Trinajstić information content (AvgIpc) is 3.33. The summed E-state index contributed by atoms with van der Waals surface area (Å²) in [7, 11) is -3.77. The first-order valence-corrected chi connectivity index (χ1v) is 10.6. The zero-order valence-electron chi connectivity index (χ0n) is 15.2. The second-order valence-corrected chi connectivity index (χ2v) is 8.81. The van der Waals surface area contributed by atoms with Crippen molar-refractivity contribution in [3.05, 3.63) is 78.9 Å². The fourth-order valence-corrected chi connectivity index (χ4v) is 5.57. The van der Waals surface area contributed by atoms with Gasteiger partial charge < -0.3 is 9.47 Å². The molecular weight excluding hydrogens is 386 g/mol. The predicted molar refractivity (Wildman–Crippen MR) is 112 cm³/mol. The fraction of sp³-hybridized carbons (Fsp3) is 0.0435. The monoisotopic (exact) mass is 401 g/mol. The van der Waals surface area contributed by atoms with Crippen molar-refractivity contribution < 1.29 is 17.9 Å². The van der Waals surface area contributed by atoms with E-state index in [4.69, 9.17) is 9.47 Å². The van der Waals surface area contributed by atoms with E-state index in [-0.39, 0.29) is 11.7 Å². The molecule has 6 rings (SSSR count). The lowest BCUT2D eigenvalue weighted by molar-refractivity contribution is 0.174. The summed E-state index contributed by atoms with van der Waals surface area (Å²) in [5, 5.41) is 3.64. The van der Waals surface area contributed by atoms with Crippen LogP contribution in [0.5, 0.6) is 11.5 Å². The van der Waals surface area contributed by atoms with Crippen LogP contribution in [0.1, 0.15) is 0 Å². The Morgan fingerprint density at radius 1 is 0.690 bits per heavy atom. The van der Waals surface area contributed by atoms with E-state index in [0.29, 0.717) is 22.5 Å². The van der Waals surface area contributed by atoms with E-state index in [9.17, 15) is 8.42 Å². The molecule has 1 aliphatic heterocycles. The Hall–Kier alpha value is -3.51. The highest BCUT2D eigenvalue weighted by molar-refractivity contribution is 7.90. The zero-order chi connectivity index (χ0) is 19.6. The lowest BCUT2D eigenvalue weighted by atomic mass is 10.1. The van der Waals surface area contributed by atoms with Gasteiger partial charge in [0.1, 0.15) is 0 Å². The van der Waals surface area contributed by atoms with Gasteiger partial charge in [-0.3, -0.25) is 0 Å². The normalized spacial score (nSPS) is 13.5. The molecule has 5 nitrogen and oxygen atoms in total. The molecule has 0 fully saturated rings. The molecule has 2 heterocycles. The molecule has 0 spiro atoms. The number of rotatable bonds is 2. The summed E-state index contributed by atoms with van der Waals surface area (Å²) in [5.74, 6) is 1.38. The molecule has 0 aliphatic carbocycles. The summed E-state index contributed by atoms with van der Waals surface area (Å²) in [5.41, 5.74) is 1.29. The molecule has 142 valence electrons. The largest absolute Gasteiger partial charge is 0.454 e. The number of nitrogens with zero attached hydrogens (tertiary/aromatic N) is 1. The summed E-state index contributed by atoms with van der Waals surface area (Å²) < 4.78 is 39.6. The third-order valence-corrected chi connectivity index (χ3v) is 7.10. The van der Waals surface area contributed by atoms with Crippen LogP contribution >= 0.6 is 0 Å². The first-order valence-electron chi connectivity index (χ1n) is 9.20. The maximum Gasteiger partial charge on any atom is 0.268 e. The fourth-order valence-electron chi connectivity index (χ4n) is 4.03. The molecule has 0 N–H and O–H groups in total. The number of hydrogen-bond acceptors (Lipinski definition) is 4. The Morgan fingerprint density at radius 2 is 1.34 bits per heavy atom. The Kier molecular flexibility index (Phi) is 3.26. The molecule has 1 aromatic heterocycles. The minimum atomic E-state index is -3.77. The number of aromatic nitrogens is 1. The smallest absolute Gasteiger partial charge is 0.268 e. The summed E-state index contributed by atoms with van der Waals surface area (Å²) in [6, 6.07) is 23.8. The van der Waals surface area contributed by atoms with E-state index in [0.717, 1.165) is 21.5 Å². The van der Waals surface area contributed by atoms with Crippen molar-refractivity contribution in [3.8, 4) is 11.5 Å². The quantitative estimate of drug-likeness (QED) is 0.422. The number of hydrogen-bond donors (Lipinski definition) is 0. The molecule has 5 aromatic rings. The second kappa shape index (κ2) is 5.75. The number of fused-ring (bicyclic) bond motifs is 5. The van der Waals surface area contributed by atoms with Crippen molar-refractivity contribution in [2.45, 2.75) is 4.90 Å². The first kappa shape index (κ1) is 16.4. The van der Waals surface area contributed by atoms with Crippen LogP contribution in [0, 0.1) is 0 Å². The van der Waals surface area contributed by atoms with E-state index in [1.807, 2.05) is 48.5 Å². The van der Waals surface area contributed by atoms with Crippen LogP contribution in [0.25, 0.3) is 32.6 Å². The van der Waals surface area contributed by atoms with Crippen molar-refractivity contribution >= 4 is 42.6 Å². The van der Waals surface area contributed by atoms with E-state index in [1.165, 1.54) is 3.97 Å². The van der Waals surface area contributed by atoms with Gasteiger partial charge in [-0.05, 0) is 53.2 Å². The minimum Gasteiger partial charge on any atom is -0.454 e. The number of benzene rings is 4. The molecular formula is C23H15NO4S. The van der Waals surface area contributed by atoms with Crippen molar-refractivity contribution in [2.24, 2.45) is 0 Å². The average molecular weight is 401 g/mol. The molecule has 0 saturated heterocycles. The lowest BCUT2D eigenvalue weighted by Gasteiger charge is -2.10. The van der Waals surface area contributed by atoms with Crippen LogP contribution in [-0.4, -0.2) is 19.2 Å². The highest BCUT2D eigenvalue weighted by atomic mass is 32.2. The van der Waals surface area contributed by atoms with E-state index >= 15 is 0 Å². The minimum absolute atomic E-state index is 0.197. The first-order chi connectivity index (χ1) is 14.1. The highest BCUT2D eigenvalue weighted by Gasteiger charge is 2.24. The summed E-state index contributed by atoms with van der Waals surface area (Å²) in [6.07, 6.45) is 0. The van der Waals surface area contributed by atoms with E-state index in [1.54, 1.807) is 30.3 Å². The molecule has 0 bridgehead atoms. The molecule has 6 heteroatoms. The van der Waals surface area contributed by atoms with Crippen molar-refractivity contribution in [2.75, 3.05) is 6.79 Å². The van der Waals surface area contributed by atoms with Gasteiger partial charge in [0.15, 0.2) is 11.5 Å². The van der Waals surface area contributed by atoms with Gasteiger partial charge in [-0.2, -0.15) is 0 Å². The van der Waals surface area contributed by atoms with Gasteiger partial charge in [0.05, 0.1) is 15.9 Å². The van der Waals surface area contributed by atoms with Gasteiger partial charge in [-0.25, -0.2) is 12.4 Å². The molecule has 0 radical (unpaired) electrons. The molecule has 0 amide bonds. The lowest BCUT2D eigenvalue weighted by Crippen LogP contribution is -2.12. The molecule has 29 heavy (non-hydrogen) atoms. The number of para-hydroxylation sites is 1. The Labute approximate surface area is 166 Å². The van der Waals surface area contributed by atoms with Gasteiger partial charge in [0.25, 0.3) is 10.0 Å². The van der Waals surface area contributed by atoms with Crippen LogP contribution in [0.4, 0.5) is 0 Å². The molecule has 0 saturated carbocycles. The van der Waals surface area contributed by atoms with Crippen LogP contribution in [0.15, 0.2) is 83.8 Å². The topological polar surface area (TPSA) is 57.5 Å². The van der Waals surface area contributed by atoms with Crippen LogP contribution in [0.3, 0.4) is 0 Å². The highest BCUT2D eigenvalue weighted by Crippen LogP contribution is 2.40. The van der Waals surface area contributed by atoms with Crippen molar-refractivity contribution in [1.29, 1.82) is 0 Å². The molecule has 0 atom stereocenters. The van der Waals surface area contributed by atoms with Gasteiger partial charge >= 0.3 is 0 Å². The van der Waals surface area contributed by atoms with Crippen LogP contribution < -0.4 is 9.47 Å².